The molecule has 2 rings (SSSR count). The van der Waals surface area contributed by atoms with E-state index in [4.69, 9.17) is 0 Å². The third-order valence-electron chi connectivity index (χ3n) is 4.57. The molecule has 0 radical (unpaired) electrons. The summed E-state index contributed by atoms with van der Waals surface area (Å²) < 4.78 is 1.95. The van der Waals surface area contributed by atoms with Gasteiger partial charge < -0.3 is 9.80 Å². The van der Waals surface area contributed by atoms with Crippen LogP contribution >= 0.6 is 0 Å². The zero-order chi connectivity index (χ0) is 16.1. The molecule has 0 N–H and O–H groups in total. The van der Waals surface area contributed by atoms with Gasteiger partial charge in [-0.15, -0.1) is 0 Å². The summed E-state index contributed by atoms with van der Waals surface area (Å²) in [7, 11) is 4.18. The Morgan fingerprint density at radius 3 is 2.86 bits per heavy atom. The van der Waals surface area contributed by atoms with Crippen LogP contribution in [0.5, 0.6) is 0 Å². The van der Waals surface area contributed by atoms with Crippen LogP contribution in [0, 0.1) is 6.92 Å². The molecule has 1 atom stereocenters. The van der Waals surface area contributed by atoms with Gasteiger partial charge in [-0.05, 0) is 59.7 Å². The van der Waals surface area contributed by atoms with Crippen molar-refractivity contribution >= 4 is 5.91 Å². The van der Waals surface area contributed by atoms with Crippen molar-refractivity contribution in [2.45, 2.75) is 58.5 Å². The van der Waals surface area contributed by atoms with E-state index in [1.165, 1.54) is 6.42 Å². The van der Waals surface area contributed by atoms with E-state index in [0.29, 0.717) is 6.04 Å². The van der Waals surface area contributed by atoms with Crippen molar-refractivity contribution in [3.63, 3.8) is 0 Å². The normalized spacial score (nSPS) is 19.0. The molecule has 0 spiro atoms. The Hall–Kier alpha value is -1.36. The molecule has 22 heavy (non-hydrogen) atoms. The first-order valence-electron chi connectivity index (χ1n) is 8.52. The lowest BCUT2D eigenvalue weighted by Gasteiger charge is -2.36. The average Bonchev–Trinajstić information content (AvgIpc) is 2.86. The lowest BCUT2D eigenvalue weighted by molar-refractivity contribution is 0.0590. The summed E-state index contributed by atoms with van der Waals surface area (Å²) in [5.74, 6) is 0.170. The van der Waals surface area contributed by atoms with Crippen molar-refractivity contribution in [1.82, 2.24) is 19.6 Å². The minimum atomic E-state index is 0.170. The summed E-state index contributed by atoms with van der Waals surface area (Å²) in [5, 5.41) is 4.38. The van der Waals surface area contributed by atoms with E-state index in [9.17, 15) is 4.79 Å². The number of carbonyl (C=O) groups excluding carboxylic acids is 1. The van der Waals surface area contributed by atoms with Crippen LogP contribution < -0.4 is 0 Å². The quantitative estimate of drug-likeness (QED) is 0.811. The first-order valence-corrected chi connectivity index (χ1v) is 8.52. The first-order chi connectivity index (χ1) is 10.5. The average molecular weight is 306 g/mol. The first kappa shape index (κ1) is 17.0. The molecular formula is C17H30N4O. The smallest absolute Gasteiger partial charge is 0.257 e. The van der Waals surface area contributed by atoms with Gasteiger partial charge in [0.2, 0.25) is 0 Å². The zero-order valence-electron chi connectivity index (χ0n) is 14.5. The lowest BCUT2D eigenvalue weighted by Crippen LogP contribution is -2.45. The highest BCUT2D eigenvalue weighted by Gasteiger charge is 2.29. The number of aromatic nitrogens is 2. The molecule has 0 saturated carbocycles. The van der Waals surface area contributed by atoms with Gasteiger partial charge in [-0.2, -0.15) is 5.10 Å². The van der Waals surface area contributed by atoms with Crippen molar-refractivity contribution < 1.29 is 4.79 Å². The number of nitrogens with zero attached hydrogens (tertiary/aromatic N) is 4. The molecular weight excluding hydrogens is 276 g/mol. The van der Waals surface area contributed by atoms with Crippen molar-refractivity contribution in [2.75, 3.05) is 27.2 Å². The highest BCUT2D eigenvalue weighted by molar-refractivity contribution is 5.95. The molecule has 5 heteroatoms. The van der Waals surface area contributed by atoms with Gasteiger partial charge in [0.25, 0.3) is 5.91 Å². The van der Waals surface area contributed by atoms with Gasteiger partial charge in [-0.25, -0.2) is 0 Å². The maximum atomic E-state index is 13.0. The summed E-state index contributed by atoms with van der Waals surface area (Å²) in [6.45, 7) is 6.93. The second-order valence-electron chi connectivity index (χ2n) is 6.61. The van der Waals surface area contributed by atoms with Gasteiger partial charge in [0.05, 0.1) is 11.8 Å². The summed E-state index contributed by atoms with van der Waals surface area (Å²) in [6.07, 6.45) is 7.32. The maximum absolute atomic E-state index is 13.0. The molecule has 2 heterocycles. The number of hydrogen-bond donors (Lipinski definition) is 0. The number of piperidine rings is 1. The molecule has 1 aromatic rings. The molecule has 0 aliphatic carbocycles. The molecule has 5 nitrogen and oxygen atoms in total. The molecule has 1 aromatic heterocycles. The Kier molecular flexibility index (Phi) is 6.00. The van der Waals surface area contributed by atoms with Crippen molar-refractivity contribution in [1.29, 1.82) is 0 Å². The van der Waals surface area contributed by atoms with Crippen LogP contribution in [0.2, 0.25) is 0 Å². The van der Waals surface area contributed by atoms with Crippen LogP contribution in [-0.4, -0.2) is 58.7 Å². The van der Waals surface area contributed by atoms with Crippen LogP contribution in [0.1, 0.15) is 55.1 Å². The Morgan fingerprint density at radius 2 is 2.18 bits per heavy atom. The fraction of sp³-hybridized carbons (Fsp3) is 0.765. The highest BCUT2D eigenvalue weighted by atomic mass is 16.2. The van der Waals surface area contributed by atoms with E-state index in [1.54, 1.807) is 6.20 Å². The molecule has 1 aliphatic heterocycles. The van der Waals surface area contributed by atoms with Crippen LogP contribution in [0.4, 0.5) is 0 Å². The second-order valence-corrected chi connectivity index (χ2v) is 6.61. The molecule has 1 fully saturated rings. The Balaban J connectivity index is 2.11. The molecule has 124 valence electrons. The number of likely N-dealkylation sites (tertiary alicyclic amines) is 1. The van der Waals surface area contributed by atoms with E-state index in [1.807, 2.05) is 11.6 Å². The number of hydrogen-bond acceptors (Lipinski definition) is 3. The zero-order valence-corrected chi connectivity index (χ0v) is 14.5. The monoisotopic (exact) mass is 306 g/mol. The lowest BCUT2D eigenvalue weighted by atomic mass is 9.98. The molecule has 1 saturated heterocycles. The summed E-state index contributed by atoms with van der Waals surface area (Å²) in [5.41, 5.74) is 1.79. The van der Waals surface area contributed by atoms with E-state index in [2.05, 4.69) is 35.9 Å². The Labute approximate surface area is 134 Å². The Bertz CT molecular complexity index is 495. The van der Waals surface area contributed by atoms with Crippen molar-refractivity contribution in [3.8, 4) is 0 Å². The number of carbonyl (C=O) groups is 1. The van der Waals surface area contributed by atoms with Crippen LogP contribution in [0.3, 0.4) is 0 Å². The number of amides is 1. The van der Waals surface area contributed by atoms with Gasteiger partial charge in [-0.1, -0.05) is 6.92 Å². The fourth-order valence-electron chi connectivity index (χ4n) is 3.22. The third kappa shape index (κ3) is 3.88. The summed E-state index contributed by atoms with van der Waals surface area (Å²) >= 11 is 0. The maximum Gasteiger partial charge on any atom is 0.257 e. The summed E-state index contributed by atoms with van der Waals surface area (Å²) in [6, 6.07) is 0.373. The number of rotatable bonds is 6. The van der Waals surface area contributed by atoms with E-state index >= 15 is 0 Å². The predicted molar refractivity (Wildman–Crippen MR) is 89.1 cm³/mol. The second kappa shape index (κ2) is 7.77. The van der Waals surface area contributed by atoms with Crippen molar-refractivity contribution in [3.05, 3.63) is 17.5 Å². The summed E-state index contributed by atoms with van der Waals surface area (Å²) in [4.78, 5) is 17.2. The van der Waals surface area contributed by atoms with Gasteiger partial charge >= 0.3 is 0 Å². The largest absolute Gasteiger partial charge is 0.336 e. The predicted octanol–water partition coefficient (Wildman–Crippen LogP) is 2.55. The third-order valence-corrected chi connectivity index (χ3v) is 4.57. The van der Waals surface area contributed by atoms with Gasteiger partial charge in [0.15, 0.2) is 0 Å². The molecule has 0 aromatic carbocycles. The van der Waals surface area contributed by atoms with Crippen LogP contribution in [-0.2, 0) is 6.54 Å². The van der Waals surface area contributed by atoms with Gasteiger partial charge in [-0.3, -0.25) is 9.48 Å². The minimum Gasteiger partial charge on any atom is -0.336 e. The fourth-order valence-corrected chi connectivity index (χ4v) is 3.22. The Morgan fingerprint density at radius 1 is 1.41 bits per heavy atom. The molecule has 1 amide bonds. The van der Waals surface area contributed by atoms with Crippen LogP contribution in [0.25, 0.3) is 0 Å². The van der Waals surface area contributed by atoms with E-state index in [0.717, 1.165) is 56.6 Å². The van der Waals surface area contributed by atoms with Gasteiger partial charge in [0, 0.05) is 24.8 Å². The van der Waals surface area contributed by atoms with E-state index in [-0.39, 0.29) is 5.91 Å². The SMILES string of the molecule is CCCn1ncc(C(=O)N2CCCC[C@H]2CCN(C)C)c1C. The molecule has 1 aliphatic rings. The topological polar surface area (TPSA) is 41.4 Å². The molecule has 0 unspecified atom stereocenters. The highest BCUT2D eigenvalue weighted by Crippen LogP contribution is 2.23. The number of aryl methyl sites for hydroxylation is 1. The minimum absolute atomic E-state index is 0.170. The van der Waals surface area contributed by atoms with Gasteiger partial charge in [0.1, 0.15) is 0 Å². The standard InChI is InChI=1S/C17H30N4O/c1-5-10-21-14(2)16(13-18-21)17(22)20-11-7-6-8-15(20)9-12-19(3)4/h13,15H,5-12H2,1-4H3/t15-/m0/s1. The molecule has 0 bridgehead atoms. The van der Waals surface area contributed by atoms with Crippen molar-refractivity contribution in [2.24, 2.45) is 0 Å². The van der Waals surface area contributed by atoms with E-state index < -0.39 is 0 Å². The van der Waals surface area contributed by atoms with Crippen LogP contribution in [0.15, 0.2) is 6.20 Å².